The second-order valence-corrected chi connectivity index (χ2v) is 3.83. The second kappa shape index (κ2) is 5.43. The number of nitro benzene ring substituents is 1. The molecule has 2 N–H and O–H groups in total. The molecule has 0 aliphatic carbocycles. The lowest BCUT2D eigenvalue weighted by Crippen LogP contribution is -2.24. The van der Waals surface area contributed by atoms with Crippen LogP contribution in [0, 0.1) is 21.7 Å². The normalized spacial score (nSPS) is 10.3. The third kappa shape index (κ3) is 2.76. The van der Waals surface area contributed by atoms with Crippen LogP contribution in [0.5, 0.6) is 0 Å². The molecule has 0 unspecified atom stereocenters. The number of nitrogens with one attached hydrogen (secondary N) is 2. The Kier molecular flexibility index (Phi) is 3.69. The summed E-state index contributed by atoms with van der Waals surface area (Å²) in [5.74, 6) is -3.39. The van der Waals surface area contributed by atoms with Crippen molar-refractivity contribution in [2.24, 2.45) is 0 Å². The van der Waals surface area contributed by atoms with E-state index in [0.717, 1.165) is 0 Å². The highest BCUT2D eigenvalue weighted by Crippen LogP contribution is 2.22. The maximum Gasteiger partial charge on any atom is 0.308 e. The first kappa shape index (κ1) is 13.6. The van der Waals surface area contributed by atoms with Gasteiger partial charge in [-0.15, -0.1) is 0 Å². The van der Waals surface area contributed by atoms with Gasteiger partial charge in [-0.1, -0.05) is 0 Å². The lowest BCUT2D eigenvalue weighted by atomic mass is 10.1. The lowest BCUT2D eigenvalue weighted by Gasteiger charge is -2.05. The smallest absolute Gasteiger partial charge is 0.308 e. The second-order valence-electron chi connectivity index (χ2n) is 3.83. The summed E-state index contributed by atoms with van der Waals surface area (Å²) in [7, 11) is 0. The highest BCUT2D eigenvalue weighted by molar-refractivity contribution is 5.95. The molecule has 0 atom stereocenters. The summed E-state index contributed by atoms with van der Waals surface area (Å²) in [4.78, 5) is 21.2. The summed E-state index contributed by atoms with van der Waals surface area (Å²) in [6, 6.07) is 1.02. The van der Waals surface area contributed by atoms with Crippen LogP contribution < -0.4 is 5.32 Å². The summed E-state index contributed by atoms with van der Waals surface area (Å²) in [5.41, 5.74) is -1.19. The number of carbonyl (C=O) groups excluding carboxylic acids is 1. The van der Waals surface area contributed by atoms with Gasteiger partial charge in [-0.3, -0.25) is 20.0 Å². The van der Waals surface area contributed by atoms with Gasteiger partial charge in [0.25, 0.3) is 5.91 Å². The summed E-state index contributed by atoms with van der Waals surface area (Å²) >= 11 is 0. The van der Waals surface area contributed by atoms with E-state index in [1.165, 1.54) is 12.4 Å². The summed E-state index contributed by atoms with van der Waals surface area (Å²) < 4.78 is 26.9. The third-order valence-corrected chi connectivity index (χ3v) is 2.47. The topological polar surface area (TPSA) is 101 Å². The molecule has 0 radical (unpaired) electrons. The van der Waals surface area contributed by atoms with Crippen molar-refractivity contribution in [3.63, 3.8) is 0 Å². The number of rotatable bonds is 4. The Morgan fingerprint density at radius 3 is 2.80 bits per heavy atom. The van der Waals surface area contributed by atoms with Gasteiger partial charge in [-0.2, -0.15) is 9.49 Å². The first-order valence-electron chi connectivity index (χ1n) is 5.38. The van der Waals surface area contributed by atoms with E-state index in [2.05, 4.69) is 15.5 Å². The predicted octanol–water partition coefficient (Wildman–Crippen LogP) is 1.53. The minimum absolute atomic E-state index is 0.0269. The van der Waals surface area contributed by atoms with Crippen LogP contribution in [-0.2, 0) is 6.54 Å². The molecule has 2 rings (SSSR count). The molecule has 1 amide bonds. The van der Waals surface area contributed by atoms with Gasteiger partial charge < -0.3 is 5.32 Å². The molecule has 0 saturated carbocycles. The van der Waals surface area contributed by atoms with Crippen LogP contribution in [0.3, 0.4) is 0 Å². The van der Waals surface area contributed by atoms with E-state index in [4.69, 9.17) is 0 Å². The molecular formula is C11H8F2N4O3. The minimum atomic E-state index is -1.37. The van der Waals surface area contributed by atoms with Crippen LogP contribution in [0.25, 0.3) is 0 Å². The first-order chi connectivity index (χ1) is 9.49. The standard InChI is InChI=1S/C11H8F2N4O3/c12-7-1-8(10(13)9(2-7)17(19)20)11(18)14-3-6-4-15-16-5-6/h1-2,4-5H,3H2,(H,14,18)(H,15,16). The number of nitro groups is 1. The molecule has 0 aliphatic rings. The molecule has 20 heavy (non-hydrogen) atoms. The van der Waals surface area contributed by atoms with Crippen LogP contribution in [0.2, 0.25) is 0 Å². The third-order valence-electron chi connectivity index (χ3n) is 2.47. The molecule has 7 nitrogen and oxygen atoms in total. The van der Waals surface area contributed by atoms with Crippen LogP contribution >= 0.6 is 0 Å². The van der Waals surface area contributed by atoms with Gasteiger partial charge in [-0.25, -0.2) is 4.39 Å². The molecule has 0 fully saturated rings. The van der Waals surface area contributed by atoms with Crippen molar-refractivity contribution in [3.05, 3.63) is 57.4 Å². The van der Waals surface area contributed by atoms with Crippen LogP contribution in [-0.4, -0.2) is 21.0 Å². The molecule has 104 valence electrons. The van der Waals surface area contributed by atoms with Crippen molar-refractivity contribution in [3.8, 4) is 0 Å². The number of benzene rings is 1. The molecule has 2 aromatic rings. The zero-order chi connectivity index (χ0) is 14.7. The highest BCUT2D eigenvalue weighted by Gasteiger charge is 2.24. The van der Waals surface area contributed by atoms with Crippen molar-refractivity contribution in [1.82, 2.24) is 15.5 Å². The Labute approximate surface area is 110 Å². The van der Waals surface area contributed by atoms with Crippen LogP contribution in [0.1, 0.15) is 15.9 Å². The number of halogens is 2. The van der Waals surface area contributed by atoms with Crippen LogP contribution in [0.4, 0.5) is 14.5 Å². The SMILES string of the molecule is O=C(NCc1cn[nH]c1)c1cc(F)cc([N+](=O)[O-])c1F. The zero-order valence-electron chi connectivity index (χ0n) is 9.89. The van der Waals surface area contributed by atoms with Gasteiger partial charge >= 0.3 is 5.69 Å². The van der Waals surface area contributed by atoms with Gasteiger partial charge in [0.05, 0.1) is 22.7 Å². The summed E-state index contributed by atoms with van der Waals surface area (Å²) in [5, 5.41) is 19.0. The maximum atomic E-state index is 13.7. The largest absolute Gasteiger partial charge is 0.348 e. The Morgan fingerprint density at radius 2 is 2.20 bits per heavy atom. The van der Waals surface area contributed by atoms with E-state index in [1.807, 2.05) is 0 Å². The van der Waals surface area contributed by atoms with Crippen molar-refractivity contribution < 1.29 is 18.5 Å². The lowest BCUT2D eigenvalue weighted by molar-refractivity contribution is -0.387. The Balaban J connectivity index is 2.23. The maximum absolute atomic E-state index is 13.7. The number of nitrogens with zero attached hydrogens (tertiary/aromatic N) is 2. The van der Waals surface area contributed by atoms with Crippen molar-refractivity contribution in [2.75, 3.05) is 0 Å². The van der Waals surface area contributed by atoms with E-state index >= 15 is 0 Å². The van der Waals surface area contributed by atoms with E-state index in [9.17, 15) is 23.7 Å². The number of amides is 1. The highest BCUT2D eigenvalue weighted by atomic mass is 19.1. The molecule has 9 heteroatoms. The van der Waals surface area contributed by atoms with Crippen LogP contribution in [0.15, 0.2) is 24.5 Å². The van der Waals surface area contributed by atoms with E-state index in [1.54, 1.807) is 0 Å². The molecule has 0 spiro atoms. The molecule has 0 aliphatic heterocycles. The molecular weight excluding hydrogens is 274 g/mol. The monoisotopic (exact) mass is 282 g/mol. The fourth-order valence-electron chi connectivity index (χ4n) is 1.52. The molecule has 1 aromatic heterocycles. The molecule has 1 heterocycles. The number of aromatic amines is 1. The molecule has 0 saturated heterocycles. The number of aromatic nitrogens is 2. The zero-order valence-corrected chi connectivity index (χ0v) is 9.89. The fourth-order valence-corrected chi connectivity index (χ4v) is 1.52. The fraction of sp³-hybridized carbons (Fsp3) is 0.0909. The number of carbonyl (C=O) groups is 1. The van der Waals surface area contributed by atoms with Gasteiger partial charge in [-0.05, 0) is 6.07 Å². The number of hydrogen-bond donors (Lipinski definition) is 2. The van der Waals surface area contributed by atoms with E-state index in [0.29, 0.717) is 17.7 Å². The average molecular weight is 282 g/mol. The quantitative estimate of drug-likeness (QED) is 0.655. The van der Waals surface area contributed by atoms with E-state index in [-0.39, 0.29) is 6.54 Å². The van der Waals surface area contributed by atoms with E-state index < -0.39 is 33.7 Å². The van der Waals surface area contributed by atoms with Crippen molar-refractivity contribution in [1.29, 1.82) is 0 Å². The van der Waals surface area contributed by atoms with Crippen molar-refractivity contribution >= 4 is 11.6 Å². The van der Waals surface area contributed by atoms with Gasteiger partial charge in [0, 0.05) is 18.3 Å². The molecule has 1 aromatic carbocycles. The summed E-state index contributed by atoms with van der Waals surface area (Å²) in [6.45, 7) is 0.0269. The average Bonchev–Trinajstić information content (AvgIpc) is 2.91. The van der Waals surface area contributed by atoms with Crippen molar-refractivity contribution in [2.45, 2.75) is 6.54 Å². The minimum Gasteiger partial charge on any atom is -0.348 e. The Morgan fingerprint density at radius 1 is 1.45 bits per heavy atom. The Bertz CT molecular complexity index is 658. The predicted molar refractivity (Wildman–Crippen MR) is 62.8 cm³/mol. The molecule has 0 bridgehead atoms. The van der Waals surface area contributed by atoms with Gasteiger partial charge in [0.15, 0.2) is 0 Å². The number of H-pyrrole nitrogens is 1. The van der Waals surface area contributed by atoms with Gasteiger partial charge in [0.1, 0.15) is 5.82 Å². The number of hydrogen-bond acceptors (Lipinski definition) is 4. The first-order valence-corrected chi connectivity index (χ1v) is 5.38. The van der Waals surface area contributed by atoms with Gasteiger partial charge in [0.2, 0.25) is 5.82 Å². The Hall–Kier alpha value is -2.84. The summed E-state index contributed by atoms with van der Waals surface area (Å²) in [6.07, 6.45) is 2.94.